The van der Waals surface area contributed by atoms with E-state index in [9.17, 15) is 0 Å². The summed E-state index contributed by atoms with van der Waals surface area (Å²) < 4.78 is 2.83. The zero-order valence-electron chi connectivity index (χ0n) is 8.61. The van der Waals surface area contributed by atoms with Crippen LogP contribution in [-0.4, -0.2) is 14.6 Å². The fourth-order valence-corrected chi connectivity index (χ4v) is 2.22. The van der Waals surface area contributed by atoms with Crippen molar-refractivity contribution < 1.29 is 0 Å². The number of nitrogens with two attached hydrogens (primary N) is 1. The minimum atomic E-state index is 0.518. The van der Waals surface area contributed by atoms with Crippen molar-refractivity contribution in [3.63, 3.8) is 0 Å². The number of rotatable bonds is 0. The normalized spacial score (nSPS) is 11.4. The average Bonchev–Trinajstić information content (AvgIpc) is 2.63. The number of halogens is 1. The van der Waals surface area contributed by atoms with E-state index in [1.807, 2.05) is 29.6 Å². The Kier molecular flexibility index (Phi) is 1.91. The minimum Gasteiger partial charge on any atom is -0.382 e. The first-order valence-corrected chi connectivity index (χ1v) is 5.65. The van der Waals surface area contributed by atoms with Crippen LogP contribution in [0.3, 0.4) is 0 Å². The van der Waals surface area contributed by atoms with Gasteiger partial charge in [-0.25, -0.2) is 9.50 Å². The fourth-order valence-electron chi connectivity index (χ4n) is 1.87. The molecule has 80 valence electrons. The highest BCUT2D eigenvalue weighted by atomic mass is 79.9. The number of nitrogens with zero attached hydrogens (tertiary/aromatic N) is 3. The Balaban J connectivity index is 2.61. The molecule has 0 amide bonds. The van der Waals surface area contributed by atoms with Gasteiger partial charge in [-0.1, -0.05) is 15.9 Å². The number of hydrogen-bond acceptors (Lipinski definition) is 3. The van der Waals surface area contributed by atoms with Crippen LogP contribution in [0.25, 0.3) is 16.6 Å². The predicted molar refractivity (Wildman–Crippen MR) is 67.3 cm³/mol. The van der Waals surface area contributed by atoms with Crippen molar-refractivity contribution in [1.82, 2.24) is 14.6 Å². The second-order valence-electron chi connectivity index (χ2n) is 3.72. The van der Waals surface area contributed by atoms with E-state index in [2.05, 4.69) is 26.0 Å². The molecule has 0 spiro atoms. The topological polar surface area (TPSA) is 56.2 Å². The molecule has 0 saturated heterocycles. The Bertz CT molecular complexity index is 702. The van der Waals surface area contributed by atoms with Crippen molar-refractivity contribution in [3.8, 4) is 0 Å². The summed E-state index contributed by atoms with van der Waals surface area (Å²) in [5.74, 6) is 0.518. The van der Waals surface area contributed by atoms with Crippen LogP contribution in [0.5, 0.6) is 0 Å². The lowest BCUT2D eigenvalue weighted by molar-refractivity contribution is 0.997. The Morgan fingerprint density at radius 1 is 1.38 bits per heavy atom. The zero-order chi connectivity index (χ0) is 11.3. The van der Waals surface area contributed by atoms with Crippen molar-refractivity contribution in [3.05, 3.63) is 34.4 Å². The molecule has 0 unspecified atom stereocenters. The Morgan fingerprint density at radius 2 is 2.19 bits per heavy atom. The molecule has 0 fully saturated rings. The number of aromatic nitrogens is 3. The van der Waals surface area contributed by atoms with Gasteiger partial charge in [-0.3, -0.25) is 0 Å². The van der Waals surface area contributed by atoms with E-state index in [1.165, 1.54) is 0 Å². The fraction of sp³-hybridized carbons (Fsp3) is 0.0909. The summed E-state index contributed by atoms with van der Waals surface area (Å²) in [6, 6.07) is 5.85. The Morgan fingerprint density at radius 3 is 3.00 bits per heavy atom. The van der Waals surface area contributed by atoms with Crippen LogP contribution in [0, 0.1) is 6.92 Å². The first kappa shape index (κ1) is 9.59. The molecule has 0 atom stereocenters. The van der Waals surface area contributed by atoms with E-state index in [1.54, 1.807) is 6.20 Å². The molecule has 0 saturated carbocycles. The Labute approximate surface area is 100 Å². The maximum absolute atomic E-state index is 5.92. The first-order valence-electron chi connectivity index (χ1n) is 4.86. The largest absolute Gasteiger partial charge is 0.382 e. The predicted octanol–water partition coefficient (Wildman–Crippen LogP) is 2.54. The highest BCUT2D eigenvalue weighted by Crippen LogP contribution is 2.24. The average molecular weight is 277 g/mol. The van der Waals surface area contributed by atoms with Gasteiger partial charge < -0.3 is 5.73 Å². The summed E-state index contributed by atoms with van der Waals surface area (Å²) in [6.45, 7) is 1.98. The summed E-state index contributed by atoms with van der Waals surface area (Å²) >= 11 is 3.44. The molecule has 2 heterocycles. The number of hydrogen-bond donors (Lipinski definition) is 1. The van der Waals surface area contributed by atoms with Gasteiger partial charge in [-0.05, 0) is 30.7 Å². The van der Waals surface area contributed by atoms with Gasteiger partial charge in [0.1, 0.15) is 5.52 Å². The SMILES string of the molecule is Cc1cnn2c1c(N)nc1ccc(Br)cc12. The molecule has 16 heavy (non-hydrogen) atoms. The van der Waals surface area contributed by atoms with Gasteiger partial charge in [0.25, 0.3) is 0 Å². The molecular weight excluding hydrogens is 268 g/mol. The van der Waals surface area contributed by atoms with E-state index >= 15 is 0 Å². The lowest BCUT2D eigenvalue weighted by Crippen LogP contribution is -1.99. The molecule has 3 rings (SSSR count). The van der Waals surface area contributed by atoms with E-state index < -0.39 is 0 Å². The molecule has 0 aliphatic heterocycles. The number of benzene rings is 1. The monoisotopic (exact) mass is 276 g/mol. The number of fused-ring (bicyclic) bond motifs is 3. The molecule has 0 aliphatic carbocycles. The molecular formula is C11H9BrN4. The van der Waals surface area contributed by atoms with E-state index in [-0.39, 0.29) is 0 Å². The van der Waals surface area contributed by atoms with Crippen LogP contribution in [-0.2, 0) is 0 Å². The maximum atomic E-state index is 5.92. The van der Waals surface area contributed by atoms with E-state index in [0.717, 1.165) is 26.6 Å². The summed E-state index contributed by atoms with van der Waals surface area (Å²) in [5, 5.41) is 4.32. The van der Waals surface area contributed by atoms with Crippen molar-refractivity contribution in [2.75, 3.05) is 5.73 Å². The third kappa shape index (κ3) is 1.21. The maximum Gasteiger partial charge on any atom is 0.150 e. The minimum absolute atomic E-state index is 0.518. The second kappa shape index (κ2) is 3.18. The van der Waals surface area contributed by atoms with Crippen molar-refractivity contribution in [1.29, 1.82) is 0 Å². The highest BCUT2D eigenvalue weighted by molar-refractivity contribution is 9.10. The quantitative estimate of drug-likeness (QED) is 0.687. The lowest BCUT2D eigenvalue weighted by atomic mass is 10.2. The van der Waals surface area contributed by atoms with Crippen LogP contribution < -0.4 is 5.73 Å². The van der Waals surface area contributed by atoms with Crippen LogP contribution in [0.15, 0.2) is 28.9 Å². The molecule has 1 aromatic carbocycles. The van der Waals surface area contributed by atoms with Crippen LogP contribution in [0.2, 0.25) is 0 Å². The van der Waals surface area contributed by atoms with Crippen molar-refractivity contribution >= 4 is 38.3 Å². The summed E-state index contributed by atoms with van der Waals surface area (Å²) in [5.41, 5.74) is 9.63. The first-order chi connectivity index (χ1) is 7.66. The van der Waals surface area contributed by atoms with Gasteiger partial charge in [0.15, 0.2) is 5.82 Å². The third-order valence-electron chi connectivity index (χ3n) is 2.60. The number of nitrogen functional groups attached to an aromatic ring is 1. The van der Waals surface area contributed by atoms with Gasteiger partial charge in [0, 0.05) is 4.47 Å². The highest BCUT2D eigenvalue weighted by Gasteiger charge is 2.09. The molecule has 2 N–H and O–H groups in total. The lowest BCUT2D eigenvalue weighted by Gasteiger charge is -2.04. The van der Waals surface area contributed by atoms with E-state index in [4.69, 9.17) is 5.73 Å². The standard InChI is InChI=1S/C11H9BrN4/c1-6-5-14-16-9-4-7(12)2-3-8(9)15-11(13)10(6)16/h2-5H,1H3,(H2,13,15). The van der Waals surface area contributed by atoms with E-state index in [0.29, 0.717) is 5.82 Å². The van der Waals surface area contributed by atoms with Gasteiger partial charge in [0.2, 0.25) is 0 Å². The smallest absolute Gasteiger partial charge is 0.150 e. The number of anilines is 1. The van der Waals surface area contributed by atoms with Gasteiger partial charge >= 0.3 is 0 Å². The van der Waals surface area contributed by atoms with Gasteiger partial charge in [-0.15, -0.1) is 0 Å². The third-order valence-corrected chi connectivity index (χ3v) is 3.09. The molecule has 0 radical (unpaired) electrons. The van der Waals surface area contributed by atoms with Crippen LogP contribution in [0.4, 0.5) is 5.82 Å². The summed E-state index contributed by atoms with van der Waals surface area (Å²) in [6.07, 6.45) is 1.80. The summed E-state index contributed by atoms with van der Waals surface area (Å²) in [7, 11) is 0. The Hall–Kier alpha value is -1.62. The zero-order valence-corrected chi connectivity index (χ0v) is 10.2. The van der Waals surface area contributed by atoms with Crippen molar-refractivity contribution in [2.45, 2.75) is 6.92 Å². The van der Waals surface area contributed by atoms with Crippen LogP contribution in [0.1, 0.15) is 5.56 Å². The van der Waals surface area contributed by atoms with Crippen LogP contribution >= 0.6 is 15.9 Å². The van der Waals surface area contributed by atoms with Crippen molar-refractivity contribution in [2.24, 2.45) is 0 Å². The molecule has 2 aromatic heterocycles. The number of aryl methyl sites for hydroxylation is 1. The molecule has 5 heteroatoms. The van der Waals surface area contributed by atoms with Gasteiger partial charge in [0.05, 0.1) is 17.2 Å². The molecule has 0 bridgehead atoms. The molecule has 0 aliphatic rings. The molecule has 3 aromatic rings. The second-order valence-corrected chi connectivity index (χ2v) is 4.63. The summed E-state index contributed by atoms with van der Waals surface area (Å²) in [4.78, 5) is 4.37. The van der Waals surface area contributed by atoms with Gasteiger partial charge in [-0.2, -0.15) is 5.10 Å². The molecule has 4 nitrogen and oxygen atoms in total.